The maximum atomic E-state index is 13.3. The lowest BCUT2D eigenvalue weighted by Gasteiger charge is -2.35. The Labute approximate surface area is 193 Å². The van der Waals surface area contributed by atoms with Crippen LogP contribution in [-0.2, 0) is 6.42 Å². The van der Waals surface area contributed by atoms with Crippen molar-refractivity contribution in [2.75, 3.05) is 34.8 Å². The smallest absolute Gasteiger partial charge is 0.408 e. The van der Waals surface area contributed by atoms with Crippen molar-refractivity contribution in [3.05, 3.63) is 35.7 Å². The van der Waals surface area contributed by atoms with Crippen molar-refractivity contribution in [3.63, 3.8) is 0 Å². The van der Waals surface area contributed by atoms with Gasteiger partial charge < -0.3 is 15.0 Å². The standard InChI is InChI=1S/C22H23F3N6O3/c1-12(22(23,24)25)27-20(32)15-4-5-16-19(28-15)31(14-6-7-30(16)11-14)21(33)29-18-9-13-3-2-8-34-17(13)10-26-18/h4-5,9-10,12,14H,2-3,6-8,11H2,1H3,(H,27,32)(H,26,29,33)/t12?,14-/m0/s1. The first-order valence-corrected chi connectivity index (χ1v) is 11.1. The molecule has 2 aromatic rings. The molecule has 2 aromatic heterocycles. The predicted octanol–water partition coefficient (Wildman–Crippen LogP) is 3.11. The molecule has 34 heavy (non-hydrogen) atoms. The average Bonchev–Trinajstić information content (AvgIpc) is 3.22. The van der Waals surface area contributed by atoms with Crippen molar-refractivity contribution in [2.24, 2.45) is 0 Å². The number of amides is 3. The molecule has 3 amide bonds. The number of nitrogens with one attached hydrogen (secondary N) is 2. The van der Waals surface area contributed by atoms with Crippen LogP contribution in [0.5, 0.6) is 5.75 Å². The first-order valence-electron chi connectivity index (χ1n) is 11.1. The van der Waals surface area contributed by atoms with Crippen LogP contribution in [0.1, 0.15) is 35.8 Å². The summed E-state index contributed by atoms with van der Waals surface area (Å²) in [6, 6.07) is 2.08. The van der Waals surface area contributed by atoms with E-state index >= 15 is 0 Å². The van der Waals surface area contributed by atoms with Crippen molar-refractivity contribution in [1.82, 2.24) is 15.3 Å². The molecule has 0 radical (unpaired) electrons. The lowest BCUT2D eigenvalue weighted by Crippen LogP contribution is -2.49. The Bertz CT molecular complexity index is 1140. The molecule has 0 aliphatic carbocycles. The monoisotopic (exact) mass is 476 g/mol. The topological polar surface area (TPSA) is 99.7 Å². The number of ether oxygens (including phenoxy) is 1. The zero-order valence-electron chi connectivity index (χ0n) is 18.4. The minimum Gasteiger partial charge on any atom is -0.492 e. The number of urea groups is 1. The van der Waals surface area contributed by atoms with Gasteiger partial charge in [-0.3, -0.25) is 15.0 Å². The van der Waals surface area contributed by atoms with Crippen molar-refractivity contribution in [2.45, 2.75) is 44.4 Å². The number of halogens is 3. The lowest BCUT2D eigenvalue weighted by atomic mass is 10.1. The van der Waals surface area contributed by atoms with Gasteiger partial charge in [-0.1, -0.05) is 0 Å². The van der Waals surface area contributed by atoms with E-state index in [-0.39, 0.29) is 17.6 Å². The third-order valence-electron chi connectivity index (χ3n) is 6.27. The number of pyridine rings is 2. The van der Waals surface area contributed by atoms with Crippen molar-refractivity contribution >= 4 is 29.3 Å². The van der Waals surface area contributed by atoms with Gasteiger partial charge in [0.1, 0.15) is 23.3 Å². The number of hydrogen-bond donors (Lipinski definition) is 2. The molecule has 3 aliphatic heterocycles. The van der Waals surface area contributed by atoms with Crippen molar-refractivity contribution in [1.29, 1.82) is 0 Å². The number of rotatable bonds is 3. The van der Waals surface area contributed by atoms with Gasteiger partial charge in [0, 0.05) is 13.1 Å². The molecular weight excluding hydrogens is 453 g/mol. The molecular formula is C22H23F3N6O3. The van der Waals surface area contributed by atoms with E-state index in [4.69, 9.17) is 4.74 Å². The quantitative estimate of drug-likeness (QED) is 0.706. The Balaban J connectivity index is 1.41. The summed E-state index contributed by atoms with van der Waals surface area (Å²) < 4.78 is 44.2. The molecule has 2 bridgehead atoms. The second-order valence-corrected chi connectivity index (χ2v) is 8.59. The van der Waals surface area contributed by atoms with Gasteiger partial charge >= 0.3 is 12.2 Å². The number of carbonyl (C=O) groups is 2. The molecule has 5 heterocycles. The summed E-state index contributed by atoms with van der Waals surface area (Å²) in [4.78, 5) is 37.8. The Kier molecular flexibility index (Phi) is 5.45. The minimum atomic E-state index is -4.58. The maximum absolute atomic E-state index is 13.3. The second kappa shape index (κ2) is 8.33. The molecule has 2 atom stereocenters. The van der Waals surface area contributed by atoms with E-state index in [0.717, 1.165) is 25.3 Å². The van der Waals surface area contributed by atoms with E-state index in [1.54, 1.807) is 18.3 Å². The van der Waals surface area contributed by atoms with Gasteiger partial charge in [0.15, 0.2) is 5.82 Å². The number of alkyl halides is 3. The summed E-state index contributed by atoms with van der Waals surface area (Å²) in [7, 11) is 0. The fourth-order valence-corrected chi connectivity index (χ4v) is 4.44. The van der Waals surface area contributed by atoms with E-state index in [0.29, 0.717) is 43.4 Å². The van der Waals surface area contributed by atoms with E-state index in [1.165, 1.54) is 11.0 Å². The first-order chi connectivity index (χ1) is 16.2. The highest BCUT2D eigenvalue weighted by molar-refractivity contribution is 6.05. The average molecular weight is 476 g/mol. The molecule has 5 rings (SSSR count). The minimum absolute atomic E-state index is 0.187. The Morgan fingerprint density at radius 3 is 2.91 bits per heavy atom. The van der Waals surface area contributed by atoms with Gasteiger partial charge in [0.25, 0.3) is 5.91 Å². The highest BCUT2D eigenvalue weighted by atomic mass is 19.4. The van der Waals surface area contributed by atoms with E-state index in [9.17, 15) is 22.8 Å². The van der Waals surface area contributed by atoms with Crippen molar-refractivity contribution < 1.29 is 27.5 Å². The molecule has 1 unspecified atom stereocenters. The zero-order chi connectivity index (χ0) is 24.0. The largest absolute Gasteiger partial charge is 0.492 e. The van der Waals surface area contributed by atoms with Crippen molar-refractivity contribution in [3.8, 4) is 5.75 Å². The van der Waals surface area contributed by atoms with Gasteiger partial charge in [-0.15, -0.1) is 0 Å². The Morgan fingerprint density at radius 2 is 2.12 bits per heavy atom. The molecule has 1 fully saturated rings. The molecule has 12 heteroatoms. The van der Waals surface area contributed by atoms with Gasteiger partial charge in [-0.2, -0.15) is 13.2 Å². The fourth-order valence-electron chi connectivity index (χ4n) is 4.44. The summed E-state index contributed by atoms with van der Waals surface area (Å²) >= 11 is 0. The maximum Gasteiger partial charge on any atom is 0.408 e. The van der Waals surface area contributed by atoms with Crippen LogP contribution in [0.3, 0.4) is 0 Å². The third kappa shape index (κ3) is 4.08. The number of anilines is 3. The second-order valence-electron chi connectivity index (χ2n) is 8.59. The predicted molar refractivity (Wildman–Crippen MR) is 117 cm³/mol. The molecule has 0 aromatic carbocycles. The summed E-state index contributed by atoms with van der Waals surface area (Å²) in [5, 5.41) is 4.71. The van der Waals surface area contributed by atoms with Crippen LogP contribution in [0.15, 0.2) is 24.4 Å². The SMILES string of the molecule is CC(NC(=O)c1ccc2c(n1)N(C(=O)Nc1cc3c(cn1)OCCC3)[C@H]1CCN2C1)C(F)(F)F. The van der Waals surface area contributed by atoms with Crippen LogP contribution >= 0.6 is 0 Å². The summed E-state index contributed by atoms with van der Waals surface area (Å²) in [6.45, 7) is 2.80. The van der Waals surface area contributed by atoms with Gasteiger partial charge in [-0.05, 0) is 49.9 Å². The number of aromatic nitrogens is 2. The molecule has 1 saturated heterocycles. The summed E-state index contributed by atoms with van der Waals surface area (Å²) in [5.74, 6) is 0.339. The molecule has 9 nitrogen and oxygen atoms in total. The lowest BCUT2D eigenvalue weighted by molar-refractivity contribution is -0.149. The molecule has 180 valence electrons. The summed E-state index contributed by atoms with van der Waals surface area (Å²) in [6.07, 6.45) is -0.603. The van der Waals surface area contributed by atoms with Gasteiger partial charge in [0.2, 0.25) is 0 Å². The van der Waals surface area contributed by atoms with Gasteiger partial charge in [0.05, 0.1) is 24.5 Å². The number of hydrogen-bond acceptors (Lipinski definition) is 6. The van der Waals surface area contributed by atoms with Gasteiger partial charge in [-0.25, -0.2) is 14.8 Å². The zero-order valence-corrected chi connectivity index (χ0v) is 18.4. The normalized spacial score (nSPS) is 19.6. The molecule has 0 saturated carbocycles. The third-order valence-corrected chi connectivity index (χ3v) is 6.27. The van der Waals surface area contributed by atoms with Crippen LogP contribution in [0.2, 0.25) is 0 Å². The highest BCUT2D eigenvalue weighted by Crippen LogP contribution is 2.39. The Morgan fingerprint density at radius 1 is 1.29 bits per heavy atom. The number of fused-ring (bicyclic) bond motifs is 5. The highest BCUT2D eigenvalue weighted by Gasteiger charge is 2.41. The molecule has 0 spiro atoms. The number of carbonyl (C=O) groups excluding carboxylic acids is 2. The van der Waals surface area contributed by atoms with Crippen LogP contribution in [0.25, 0.3) is 0 Å². The number of aryl methyl sites for hydroxylation is 1. The number of nitrogens with zero attached hydrogens (tertiary/aromatic N) is 4. The van der Waals surface area contributed by atoms with Crippen LogP contribution in [-0.4, -0.2) is 59.9 Å². The van der Waals surface area contributed by atoms with E-state index in [2.05, 4.69) is 15.3 Å². The molecule has 3 aliphatic rings. The van der Waals surface area contributed by atoms with E-state index < -0.39 is 24.2 Å². The Hall–Kier alpha value is -3.57. The van der Waals surface area contributed by atoms with E-state index in [1.807, 2.05) is 10.2 Å². The molecule has 2 N–H and O–H groups in total. The summed E-state index contributed by atoms with van der Waals surface area (Å²) in [5.41, 5.74) is 1.41. The van der Waals surface area contributed by atoms with Crippen LogP contribution in [0.4, 0.5) is 35.3 Å². The van der Waals surface area contributed by atoms with Crippen LogP contribution < -0.4 is 25.2 Å². The first kappa shape index (κ1) is 22.2. The van der Waals surface area contributed by atoms with Crippen LogP contribution in [0, 0.1) is 0 Å². The fraction of sp³-hybridized carbons (Fsp3) is 0.455.